The summed E-state index contributed by atoms with van der Waals surface area (Å²) in [7, 11) is 0. The van der Waals surface area contributed by atoms with Gasteiger partial charge >= 0.3 is 6.18 Å². The third-order valence-corrected chi connectivity index (χ3v) is 2.49. The lowest BCUT2D eigenvalue weighted by molar-refractivity contribution is -0.158. The molecular weight excluding hydrogens is 231 g/mol. The van der Waals surface area contributed by atoms with Gasteiger partial charge in [0.25, 0.3) is 0 Å². The van der Waals surface area contributed by atoms with Crippen LogP contribution >= 0.6 is 0 Å². The van der Waals surface area contributed by atoms with Crippen molar-refractivity contribution in [2.24, 2.45) is 0 Å². The van der Waals surface area contributed by atoms with E-state index in [0.717, 1.165) is 0 Å². The third-order valence-electron chi connectivity index (χ3n) is 2.49. The van der Waals surface area contributed by atoms with Gasteiger partial charge in [-0.15, -0.1) is 0 Å². The molecule has 0 fully saturated rings. The van der Waals surface area contributed by atoms with Gasteiger partial charge in [0.2, 0.25) is 0 Å². The van der Waals surface area contributed by atoms with Gasteiger partial charge in [-0.05, 0) is 12.0 Å². The molecule has 17 heavy (non-hydrogen) atoms. The molecular formula is C12H16F3NO. The van der Waals surface area contributed by atoms with E-state index >= 15 is 0 Å². The van der Waals surface area contributed by atoms with Crippen molar-refractivity contribution in [3.05, 3.63) is 35.9 Å². The molecule has 1 aromatic carbocycles. The molecule has 0 amide bonds. The normalized spacial score (nSPS) is 15.6. The minimum atomic E-state index is -4.37. The number of benzene rings is 1. The molecule has 0 aliphatic heterocycles. The van der Waals surface area contributed by atoms with Gasteiger partial charge in [-0.25, -0.2) is 0 Å². The van der Waals surface area contributed by atoms with Gasteiger partial charge in [-0.1, -0.05) is 37.3 Å². The topological polar surface area (TPSA) is 32.3 Å². The van der Waals surface area contributed by atoms with Crippen molar-refractivity contribution < 1.29 is 18.3 Å². The Labute approximate surface area is 98.5 Å². The maximum Gasteiger partial charge on any atom is 0.407 e. The van der Waals surface area contributed by atoms with Gasteiger partial charge in [0, 0.05) is 6.54 Å². The van der Waals surface area contributed by atoms with E-state index in [-0.39, 0.29) is 12.1 Å². The number of hydrogen-bond donors (Lipinski definition) is 2. The van der Waals surface area contributed by atoms with Crippen LogP contribution in [0.4, 0.5) is 13.2 Å². The van der Waals surface area contributed by atoms with Crippen molar-refractivity contribution in [2.45, 2.75) is 31.7 Å². The first-order valence-corrected chi connectivity index (χ1v) is 5.48. The first-order valence-electron chi connectivity index (χ1n) is 5.48. The van der Waals surface area contributed by atoms with Gasteiger partial charge in [-0.2, -0.15) is 13.2 Å². The van der Waals surface area contributed by atoms with E-state index in [1.165, 1.54) is 12.1 Å². The van der Waals surface area contributed by atoms with E-state index in [9.17, 15) is 18.3 Å². The summed E-state index contributed by atoms with van der Waals surface area (Å²) in [4.78, 5) is 0. The monoisotopic (exact) mass is 247 g/mol. The molecule has 0 aromatic heterocycles. The molecule has 0 bridgehead atoms. The molecule has 0 radical (unpaired) electrons. The Bertz CT molecular complexity index is 326. The SMILES string of the molecule is CCC(O)CNC(c1ccccc1)C(F)(F)F. The molecule has 0 saturated heterocycles. The van der Waals surface area contributed by atoms with E-state index in [1.807, 2.05) is 0 Å². The summed E-state index contributed by atoms with van der Waals surface area (Å²) in [6.45, 7) is 1.65. The second kappa shape index (κ2) is 6.02. The van der Waals surface area contributed by atoms with Gasteiger partial charge in [-0.3, -0.25) is 5.32 Å². The summed E-state index contributed by atoms with van der Waals surface area (Å²) in [5, 5.41) is 11.6. The molecule has 0 aliphatic carbocycles. The summed E-state index contributed by atoms with van der Waals surface area (Å²) in [6.07, 6.45) is -4.70. The summed E-state index contributed by atoms with van der Waals surface area (Å²) in [6, 6.07) is 5.90. The second-order valence-electron chi connectivity index (χ2n) is 3.86. The molecule has 5 heteroatoms. The van der Waals surface area contributed by atoms with E-state index in [1.54, 1.807) is 25.1 Å². The van der Waals surface area contributed by atoms with Crippen molar-refractivity contribution >= 4 is 0 Å². The molecule has 0 aliphatic rings. The smallest absolute Gasteiger partial charge is 0.392 e. The number of nitrogens with one attached hydrogen (secondary N) is 1. The molecule has 0 heterocycles. The highest BCUT2D eigenvalue weighted by Crippen LogP contribution is 2.32. The van der Waals surface area contributed by atoms with Gasteiger partial charge in [0.15, 0.2) is 0 Å². The fourth-order valence-electron chi connectivity index (χ4n) is 1.47. The lowest BCUT2D eigenvalue weighted by Crippen LogP contribution is -2.38. The van der Waals surface area contributed by atoms with Crippen LogP contribution in [0.15, 0.2) is 30.3 Å². The van der Waals surface area contributed by atoms with E-state index in [2.05, 4.69) is 5.32 Å². The minimum absolute atomic E-state index is 0.0738. The van der Waals surface area contributed by atoms with Crippen molar-refractivity contribution in [1.82, 2.24) is 5.32 Å². The lowest BCUT2D eigenvalue weighted by atomic mass is 10.1. The Morgan fingerprint density at radius 3 is 2.29 bits per heavy atom. The zero-order chi connectivity index (χ0) is 12.9. The highest BCUT2D eigenvalue weighted by molar-refractivity contribution is 5.20. The maximum atomic E-state index is 12.8. The van der Waals surface area contributed by atoms with Crippen LogP contribution in [0, 0.1) is 0 Å². The maximum absolute atomic E-state index is 12.8. The van der Waals surface area contributed by atoms with Crippen molar-refractivity contribution in [3.8, 4) is 0 Å². The number of hydrogen-bond acceptors (Lipinski definition) is 2. The van der Waals surface area contributed by atoms with Crippen LogP contribution in [0.5, 0.6) is 0 Å². The van der Waals surface area contributed by atoms with Crippen LogP contribution in [0.3, 0.4) is 0 Å². The second-order valence-corrected chi connectivity index (χ2v) is 3.86. The molecule has 2 unspecified atom stereocenters. The molecule has 0 saturated carbocycles. The van der Waals surface area contributed by atoms with Gasteiger partial charge in [0.1, 0.15) is 6.04 Å². The average Bonchev–Trinajstić information content (AvgIpc) is 2.28. The largest absolute Gasteiger partial charge is 0.407 e. The number of rotatable bonds is 5. The van der Waals surface area contributed by atoms with Crippen LogP contribution < -0.4 is 5.32 Å². The Balaban J connectivity index is 2.76. The summed E-state index contributed by atoms with van der Waals surface area (Å²) in [5.74, 6) is 0. The summed E-state index contributed by atoms with van der Waals surface area (Å²) >= 11 is 0. The predicted octanol–water partition coefficient (Wildman–Crippen LogP) is 2.65. The summed E-state index contributed by atoms with van der Waals surface area (Å²) in [5.41, 5.74) is 0.156. The van der Waals surface area contributed by atoms with Crippen molar-refractivity contribution in [2.75, 3.05) is 6.54 Å². The minimum Gasteiger partial charge on any atom is -0.392 e. The van der Waals surface area contributed by atoms with Crippen LogP contribution in [-0.4, -0.2) is 23.9 Å². The van der Waals surface area contributed by atoms with E-state index in [0.29, 0.717) is 6.42 Å². The van der Waals surface area contributed by atoms with Gasteiger partial charge in [0.05, 0.1) is 6.10 Å². The number of halogens is 3. The first kappa shape index (κ1) is 14.0. The predicted molar refractivity (Wildman–Crippen MR) is 59.5 cm³/mol. The van der Waals surface area contributed by atoms with Crippen LogP contribution in [0.2, 0.25) is 0 Å². The van der Waals surface area contributed by atoms with Gasteiger partial charge < -0.3 is 5.11 Å². The fraction of sp³-hybridized carbons (Fsp3) is 0.500. The standard InChI is InChI=1S/C12H16F3NO/c1-2-10(17)8-16-11(12(13,14)15)9-6-4-3-5-7-9/h3-7,10-11,16-17H,2,8H2,1H3. The van der Waals surface area contributed by atoms with Crippen molar-refractivity contribution in [1.29, 1.82) is 0 Å². The number of aliphatic hydroxyl groups excluding tert-OH is 1. The Kier molecular flexibility index (Phi) is 4.96. The molecule has 2 atom stereocenters. The summed E-state index contributed by atoms with van der Waals surface area (Å²) < 4.78 is 38.4. The molecule has 2 N–H and O–H groups in total. The number of aliphatic hydroxyl groups is 1. The first-order chi connectivity index (χ1) is 7.95. The van der Waals surface area contributed by atoms with Crippen LogP contribution in [-0.2, 0) is 0 Å². The lowest BCUT2D eigenvalue weighted by Gasteiger charge is -2.23. The molecule has 96 valence electrons. The fourth-order valence-corrected chi connectivity index (χ4v) is 1.47. The quantitative estimate of drug-likeness (QED) is 0.838. The molecule has 0 spiro atoms. The zero-order valence-corrected chi connectivity index (χ0v) is 9.54. The molecule has 1 aromatic rings. The zero-order valence-electron chi connectivity index (χ0n) is 9.54. The van der Waals surface area contributed by atoms with Crippen molar-refractivity contribution in [3.63, 3.8) is 0 Å². The molecule has 2 nitrogen and oxygen atoms in total. The molecule has 1 rings (SSSR count). The Hall–Kier alpha value is -1.07. The highest BCUT2D eigenvalue weighted by Gasteiger charge is 2.40. The van der Waals surface area contributed by atoms with Crippen LogP contribution in [0.25, 0.3) is 0 Å². The Morgan fingerprint density at radius 1 is 1.24 bits per heavy atom. The van der Waals surface area contributed by atoms with E-state index in [4.69, 9.17) is 0 Å². The number of alkyl halides is 3. The third kappa shape index (κ3) is 4.36. The van der Waals surface area contributed by atoms with E-state index < -0.39 is 18.3 Å². The Morgan fingerprint density at radius 2 is 1.82 bits per heavy atom. The highest BCUT2D eigenvalue weighted by atomic mass is 19.4. The average molecular weight is 247 g/mol. The van der Waals surface area contributed by atoms with Crippen LogP contribution in [0.1, 0.15) is 24.9 Å².